The van der Waals surface area contributed by atoms with E-state index in [4.69, 9.17) is 14.2 Å². The van der Waals surface area contributed by atoms with E-state index in [1.54, 1.807) is 12.1 Å². The summed E-state index contributed by atoms with van der Waals surface area (Å²) in [6.45, 7) is 18.5. The minimum Gasteiger partial charge on any atom is -0.461 e. The fourth-order valence-electron chi connectivity index (χ4n) is 2.73. The summed E-state index contributed by atoms with van der Waals surface area (Å²) in [6, 6.07) is 8.34. The van der Waals surface area contributed by atoms with E-state index < -0.39 is 26.2 Å². The van der Waals surface area contributed by atoms with E-state index in [-0.39, 0.29) is 36.9 Å². The van der Waals surface area contributed by atoms with Crippen LogP contribution in [-0.4, -0.2) is 61.5 Å². The van der Waals surface area contributed by atoms with Crippen molar-refractivity contribution in [2.24, 2.45) is 5.92 Å². The molecule has 0 atom stereocenters. The van der Waals surface area contributed by atoms with Crippen molar-refractivity contribution in [2.75, 3.05) is 26.7 Å². The fraction of sp³-hybridized carbons (Fsp3) is 0.708. The van der Waals surface area contributed by atoms with Crippen molar-refractivity contribution >= 4 is 32.1 Å². The molecule has 0 heterocycles. The van der Waals surface area contributed by atoms with Gasteiger partial charge in [-0.1, -0.05) is 65.3 Å². The minimum atomic E-state index is -3.80. The molecule has 0 radical (unpaired) electrons. The monoisotopic (exact) mass is 531 g/mol. The standard InChI is InChI=1S/C24H45NO6SSi2/c1-21(2)17-24(26)31-18-22-9-11-23(12-10-22)32(27,28)25(19-29-13-15-33(3,4)5)20-30-14-16-34(6,7)8/h9-12,21H,13-20H2,1-8H3. The Morgan fingerprint density at radius 1 is 0.882 bits per heavy atom. The number of benzene rings is 1. The molecular formula is C24H45NO6SSi2. The zero-order valence-electron chi connectivity index (χ0n) is 22.3. The maximum atomic E-state index is 13.3. The first-order valence-corrected chi connectivity index (χ1v) is 20.9. The highest BCUT2D eigenvalue weighted by atomic mass is 32.2. The summed E-state index contributed by atoms with van der Waals surface area (Å²) in [6.07, 6.45) is 0.358. The molecule has 1 aromatic rings. The third-order valence-corrected chi connectivity index (χ3v) is 10.2. The Morgan fingerprint density at radius 2 is 1.35 bits per heavy atom. The van der Waals surface area contributed by atoms with E-state index in [9.17, 15) is 13.2 Å². The van der Waals surface area contributed by atoms with Crippen molar-refractivity contribution in [3.05, 3.63) is 29.8 Å². The van der Waals surface area contributed by atoms with Crippen molar-refractivity contribution in [1.82, 2.24) is 4.31 Å². The molecule has 0 aromatic heterocycles. The molecular weight excluding hydrogens is 487 g/mol. The van der Waals surface area contributed by atoms with Crippen LogP contribution in [0.5, 0.6) is 0 Å². The average Bonchev–Trinajstić information content (AvgIpc) is 2.69. The zero-order chi connectivity index (χ0) is 26.0. The second-order valence-electron chi connectivity index (χ2n) is 11.6. The molecule has 0 fully saturated rings. The molecule has 0 bridgehead atoms. The van der Waals surface area contributed by atoms with Crippen LogP contribution in [0.3, 0.4) is 0 Å². The van der Waals surface area contributed by atoms with Gasteiger partial charge in [-0.3, -0.25) is 4.79 Å². The number of sulfonamides is 1. The van der Waals surface area contributed by atoms with Crippen LogP contribution in [0.2, 0.25) is 51.4 Å². The Morgan fingerprint density at radius 3 is 1.76 bits per heavy atom. The van der Waals surface area contributed by atoms with Crippen molar-refractivity contribution in [1.29, 1.82) is 0 Å². The molecule has 0 spiro atoms. The number of hydrogen-bond donors (Lipinski definition) is 0. The summed E-state index contributed by atoms with van der Waals surface area (Å²) in [7, 11) is -6.36. The van der Waals surface area contributed by atoms with Gasteiger partial charge in [-0.2, -0.15) is 0 Å². The predicted molar refractivity (Wildman–Crippen MR) is 143 cm³/mol. The number of hydrogen-bond acceptors (Lipinski definition) is 6. The summed E-state index contributed by atoms with van der Waals surface area (Å²) in [5, 5.41) is 0. The Kier molecular flexibility index (Phi) is 12.7. The average molecular weight is 532 g/mol. The molecule has 34 heavy (non-hydrogen) atoms. The minimum absolute atomic E-state index is 0.0473. The summed E-state index contributed by atoms with van der Waals surface area (Å²) in [4.78, 5) is 11.9. The molecule has 0 saturated heterocycles. The topological polar surface area (TPSA) is 82.1 Å². The van der Waals surface area contributed by atoms with Gasteiger partial charge in [-0.25, -0.2) is 8.42 Å². The highest BCUT2D eigenvalue weighted by Crippen LogP contribution is 2.18. The van der Waals surface area contributed by atoms with Gasteiger partial charge in [0.15, 0.2) is 0 Å². The van der Waals surface area contributed by atoms with Gasteiger partial charge in [-0.15, -0.1) is 4.31 Å². The summed E-state index contributed by atoms with van der Waals surface area (Å²) < 4.78 is 44.6. The third kappa shape index (κ3) is 13.2. The van der Waals surface area contributed by atoms with E-state index >= 15 is 0 Å². The lowest BCUT2D eigenvalue weighted by molar-refractivity contribution is -0.145. The van der Waals surface area contributed by atoms with Crippen LogP contribution >= 0.6 is 0 Å². The maximum Gasteiger partial charge on any atom is 0.306 e. The third-order valence-electron chi connectivity index (χ3n) is 5.00. The van der Waals surface area contributed by atoms with Crippen molar-refractivity contribution in [2.45, 2.75) is 83.1 Å². The fourth-order valence-corrected chi connectivity index (χ4v) is 5.45. The molecule has 0 saturated carbocycles. The highest BCUT2D eigenvalue weighted by molar-refractivity contribution is 7.89. The Bertz CT molecular complexity index is 824. The predicted octanol–water partition coefficient (Wildman–Crippen LogP) is 5.39. The van der Waals surface area contributed by atoms with Gasteiger partial charge in [0.25, 0.3) is 0 Å². The van der Waals surface area contributed by atoms with Gasteiger partial charge in [0.1, 0.15) is 20.1 Å². The van der Waals surface area contributed by atoms with Crippen LogP contribution in [0.4, 0.5) is 0 Å². The molecule has 0 unspecified atom stereocenters. The Hall–Kier alpha value is -1.05. The van der Waals surface area contributed by atoms with E-state index in [2.05, 4.69) is 39.3 Å². The molecule has 0 aliphatic carbocycles. The first-order chi connectivity index (χ1) is 15.6. The first-order valence-electron chi connectivity index (χ1n) is 12.0. The molecule has 7 nitrogen and oxygen atoms in total. The molecule has 1 rings (SSSR count). The molecule has 10 heteroatoms. The summed E-state index contributed by atoms with van der Waals surface area (Å²) in [5.41, 5.74) is 0.736. The summed E-state index contributed by atoms with van der Waals surface area (Å²) in [5.74, 6) is -0.0317. The van der Waals surface area contributed by atoms with Gasteiger partial charge in [-0.05, 0) is 35.7 Å². The van der Waals surface area contributed by atoms with Gasteiger partial charge >= 0.3 is 5.97 Å². The van der Waals surface area contributed by atoms with Crippen molar-refractivity contribution in [3.63, 3.8) is 0 Å². The lowest BCUT2D eigenvalue weighted by Gasteiger charge is -2.24. The van der Waals surface area contributed by atoms with Crippen molar-refractivity contribution < 1.29 is 27.4 Å². The first kappa shape index (κ1) is 31.0. The molecule has 0 aliphatic heterocycles. The van der Waals surface area contributed by atoms with Crippen LogP contribution in [0.25, 0.3) is 0 Å². The number of rotatable bonds is 16. The van der Waals surface area contributed by atoms with Crippen LogP contribution in [-0.2, 0) is 35.6 Å². The normalized spacial score (nSPS) is 13.0. The van der Waals surface area contributed by atoms with Gasteiger partial charge in [0.05, 0.1) is 4.90 Å². The van der Waals surface area contributed by atoms with Crippen LogP contribution < -0.4 is 0 Å². The largest absolute Gasteiger partial charge is 0.461 e. The maximum absolute atomic E-state index is 13.3. The number of esters is 1. The van der Waals surface area contributed by atoms with Crippen LogP contribution in [0.15, 0.2) is 29.2 Å². The molecule has 196 valence electrons. The van der Waals surface area contributed by atoms with E-state index in [0.717, 1.165) is 17.7 Å². The van der Waals surface area contributed by atoms with E-state index in [1.165, 1.54) is 16.4 Å². The number of ether oxygens (including phenoxy) is 3. The lowest BCUT2D eigenvalue weighted by Crippen LogP contribution is -2.36. The number of carbonyl (C=O) groups excluding carboxylic acids is 1. The Balaban J connectivity index is 2.83. The van der Waals surface area contributed by atoms with Crippen LogP contribution in [0.1, 0.15) is 25.8 Å². The molecule has 0 N–H and O–H groups in total. The van der Waals surface area contributed by atoms with Gasteiger partial charge in [0.2, 0.25) is 10.0 Å². The molecule has 0 amide bonds. The number of nitrogens with zero attached hydrogens (tertiary/aromatic N) is 1. The van der Waals surface area contributed by atoms with Crippen molar-refractivity contribution in [3.8, 4) is 0 Å². The lowest BCUT2D eigenvalue weighted by atomic mass is 10.1. The highest BCUT2D eigenvalue weighted by Gasteiger charge is 2.26. The van der Waals surface area contributed by atoms with Crippen LogP contribution in [0, 0.1) is 5.92 Å². The second-order valence-corrected chi connectivity index (χ2v) is 24.7. The Labute approximate surface area is 209 Å². The van der Waals surface area contributed by atoms with Gasteiger partial charge < -0.3 is 14.2 Å². The van der Waals surface area contributed by atoms with E-state index in [1.807, 2.05) is 13.8 Å². The smallest absolute Gasteiger partial charge is 0.306 e. The second kappa shape index (κ2) is 13.9. The zero-order valence-corrected chi connectivity index (χ0v) is 25.2. The quantitative estimate of drug-likeness (QED) is 0.123. The van der Waals surface area contributed by atoms with E-state index in [0.29, 0.717) is 19.6 Å². The molecule has 0 aliphatic rings. The SMILES string of the molecule is CC(C)CC(=O)OCc1ccc(S(=O)(=O)N(COCC[Si](C)(C)C)COCC[Si](C)(C)C)cc1. The molecule has 1 aromatic carbocycles. The van der Waals surface area contributed by atoms with Gasteiger partial charge in [0, 0.05) is 35.8 Å². The number of carbonyl (C=O) groups is 1. The summed E-state index contributed by atoms with van der Waals surface area (Å²) >= 11 is 0.